The lowest BCUT2D eigenvalue weighted by atomic mass is 10.0. The first kappa shape index (κ1) is 17.0. The van der Waals surface area contributed by atoms with Gasteiger partial charge in [-0.1, -0.05) is 48.5 Å². The van der Waals surface area contributed by atoms with Crippen molar-refractivity contribution in [2.24, 2.45) is 0 Å². The summed E-state index contributed by atoms with van der Waals surface area (Å²) in [5.74, 6) is 2.45. The highest BCUT2D eigenvalue weighted by Gasteiger charge is 2.14. The molecule has 0 bridgehead atoms. The SMILES string of the molecule is COc1ccccc1-c1ccnc(-c2nnc(C)n2Cc2ccccc2)c1. The van der Waals surface area contributed by atoms with E-state index in [4.69, 9.17) is 4.74 Å². The Labute approximate surface area is 158 Å². The van der Waals surface area contributed by atoms with Gasteiger partial charge in [0.15, 0.2) is 5.82 Å². The molecule has 0 amide bonds. The van der Waals surface area contributed by atoms with Gasteiger partial charge in [0.2, 0.25) is 0 Å². The Morgan fingerprint density at radius 3 is 2.52 bits per heavy atom. The van der Waals surface area contributed by atoms with Crippen molar-refractivity contribution in [3.05, 3.63) is 84.3 Å². The number of aromatic nitrogens is 4. The first-order chi connectivity index (χ1) is 13.3. The summed E-state index contributed by atoms with van der Waals surface area (Å²) in [6.45, 7) is 2.67. The first-order valence-corrected chi connectivity index (χ1v) is 8.80. The highest BCUT2D eigenvalue weighted by Crippen LogP contribution is 2.31. The van der Waals surface area contributed by atoms with Gasteiger partial charge in [-0.05, 0) is 36.2 Å². The van der Waals surface area contributed by atoms with Gasteiger partial charge in [0.1, 0.15) is 17.3 Å². The van der Waals surface area contributed by atoms with Gasteiger partial charge in [-0.25, -0.2) is 0 Å². The third-order valence-electron chi connectivity index (χ3n) is 4.53. The van der Waals surface area contributed by atoms with Crippen LogP contribution in [0.1, 0.15) is 11.4 Å². The van der Waals surface area contributed by atoms with E-state index in [1.807, 2.05) is 61.5 Å². The summed E-state index contributed by atoms with van der Waals surface area (Å²) in [6, 6.07) is 22.3. The number of rotatable bonds is 5. The summed E-state index contributed by atoms with van der Waals surface area (Å²) >= 11 is 0. The summed E-state index contributed by atoms with van der Waals surface area (Å²) < 4.78 is 7.59. The molecule has 0 aliphatic heterocycles. The van der Waals surface area contributed by atoms with Crippen LogP contribution in [0.4, 0.5) is 0 Å². The minimum absolute atomic E-state index is 0.704. The van der Waals surface area contributed by atoms with Crippen LogP contribution in [0.5, 0.6) is 5.75 Å². The maximum Gasteiger partial charge on any atom is 0.182 e. The second-order valence-electron chi connectivity index (χ2n) is 6.27. The van der Waals surface area contributed by atoms with E-state index in [2.05, 4.69) is 31.9 Å². The summed E-state index contributed by atoms with van der Waals surface area (Å²) in [4.78, 5) is 4.54. The highest BCUT2D eigenvalue weighted by molar-refractivity contribution is 5.73. The molecule has 0 atom stereocenters. The van der Waals surface area contributed by atoms with E-state index >= 15 is 0 Å². The fourth-order valence-electron chi connectivity index (χ4n) is 3.13. The predicted molar refractivity (Wildman–Crippen MR) is 106 cm³/mol. The van der Waals surface area contributed by atoms with E-state index in [0.717, 1.165) is 34.2 Å². The largest absolute Gasteiger partial charge is 0.496 e. The molecular weight excluding hydrogens is 336 g/mol. The van der Waals surface area contributed by atoms with Crippen molar-refractivity contribution < 1.29 is 4.74 Å². The van der Waals surface area contributed by atoms with Gasteiger partial charge in [-0.3, -0.25) is 4.98 Å². The molecule has 0 N–H and O–H groups in total. The molecule has 0 saturated heterocycles. The molecule has 134 valence electrons. The van der Waals surface area contributed by atoms with E-state index in [0.29, 0.717) is 6.54 Å². The minimum Gasteiger partial charge on any atom is -0.496 e. The van der Waals surface area contributed by atoms with Crippen LogP contribution < -0.4 is 4.74 Å². The normalized spacial score (nSPS) is 10.7. The van der Waals surface area contributed by atoms with Gasteiger partial charge >= 0.3 is 0 Å². The average Bonchev–Trinajstić information content (AvgIpc) is 3.09. The second kappa shape index (κ2) is 7.41. The predicted octanol–water partition coefficient (Wildman–Crippen LogP) is 4.37. The van der Waals surface area contributed by atoms with Gasteiger partial charge in [0, 0.05) is 11.8 Å². The Kier molecular flexibility index (Phi) is 4.66. The molecule has 5 heteroatoms. The quantitative estimate of drug-likeness (QED) is 0.533. The van der Waals surface area contributed by atoms with Crippen LogP contribution in [0.15, 0.2) is 72.9 Å². The summed E-state index contributed by atoms with van der Waals surface area (Å²) in [7, 11) is 1.68. The van der Waals surface area contributed by atoms with Crippen molar-refractivity contribution in [2.45, 2.75) is 13.5 Å². The van der Waals surface area contributed by atoms with Gasteiger partial charge in [0.25, 0.3) is 0 Å². The molecule has 0 saturated carbocycles. The molecule has 0 fully saturated rings. The zero-order chi connectivity index (χ0) is 18.6. The molecule has 0 spiro atoms. The maximum absolute atomic E-state index is 5.50. The lowest BCUT2D eigenvalue weighted by Gasteiger charge is -2.11. The number of methoxy groups -OCH3 is 1. The average molecular weight is 356 g/mol. The smallest absolute Gasteiger partial charge is 0.182 e. The van der Waals surface area contributed by atoms with Gasteiger partial charge in [-0.2, -0.15) is 0 Å². The number of para-hydroxylation sites is 1. The van der Waals surface area contributed by atoms with Gasteiger partial charge < -0.3 is 9.30 Å². The number of ether oxygens (including phenoxy) is 1. The van der Waals surface area contributed by atoms with Crippen molar-refractivity contribution in [2.75, 3.05) is 7.11 Å². The number of hydrogen-bond acceptors (Lipinski definition) is 4. The highest BCUT2D eigenvalue weighted by atomic mass is 16.5. The van der Waals surface area contributed by atoms with Crippen LogP contribution in [0.2, 0.25) is 0 Å². The number of nitrogens with zero attached hydrogens (tertiary/aromatic N) is 4. The lowest BCUT2D eigenvalue weighted by Crippen LogP contribution is -2.05. The third-order valence-corrected chi connectivity index (χ3v) is 4.53. The van der Waals surface area contributed by atoms with Crippen molar-refractivity contribution in [3.63, 3.8) is 0 Å². The lowest BCUT2D eigenvalue weighted by molar-refractivity contribution is 0.416. The van der Waals surface area contributed by atoms with E-state index in [9.17, 15) is 0 Å². The Morgan fingerprint density at radius 2 is 1.70 bits per heavy atom. The van der Waals surface area contributed by atoms with Gasteiger partial charge in [-0.15, -0.1) is 10.2 Å². The molecule has 2 heterocycles. The standard InChI is InChI=1S/C22H20N4O/c1-16-24-25-22(26(16)15-17-8-4-3-5-9-17)20-14-18(12-13-23-20)19-10-6-7-11-21(19)27-2/h3-14H,15H2,1-2H3. The molecule has 5 nitrogen and oxygen atoms in total. The van der Waals surface area contributed by atoms with Crippen LogP contribution in [-0.2, 0) is 6.54 Å². The summed E-state index contributed by atoms with van der Waals surface area (Å²) in [6.07, 6.45) is 1.80. The Balaban J connectivity index is 1.75. The number of aryl methyl sites for hydroxylation is 1. The summed E-state index contributed by atoms with van der Waals surface area (Å²) in [5, 5.41) is 8.65. The van der Waals surface area contributed by atoms with E-state index < -0.39 is 0 Å². The van der Waals surface area contributed by atoms with Crippen molar-refractivity contribution >= 4 is 0 Å². The Morgan fingerprint density at radius 1 is 0.926 bits per heavy atom. The van der Waals surface area contributed by atoms with Crippen LogP contribution in [0.25, 0.3) is 22.6 Å². The Bertz CT molecular complexity index is 1060. The Hall–Kier alpha value is -3.47. The topological polar surface area (TPSA) is 52.8 Å². The van der Waals surface area contributed by atoms with Crippen LogP contribution >= 0.6 is 0 Å². The molecule has 4 aromatic rings. The molecule has 27 heavy (non-hydrogen) atoms. The fourth-order valence-corrected chi connectivity index (χ4v) is 3.13. The van der Waals surface area contributed by atoms with Crippen LogP contribution in [0.3, 0.4) is 0 Å². The first-order valence-electron chi connectivity index (χ1n) is 8.80. The van der Waals surface area contributed by atoms with E-state index in [1.54, 1.807) is 13.3 Å². The van der Waals surface area contributed by atoms with E-state index in [-0.39, 0.29) is 0 Å². The molecule has 0 unspecified atom stereocenters. The van der Waals surface area contributed by atoms with Crippen LogP contribution in [-0.4, -0.2) is 26.9 Å². The maximum atomic E-state index is 5.50. The molecule has 2 aromatic heterocycles. The van der Waals surface area contributed by atoms with Gasteiger partial charge in [0.05, 0.1) is 13.7 Å². The van der Waals surface area contributed by atoms with Crippen molar-refractivity contribution in [3.8, 4) is 28.4 Å². The molecule has 0 radical (unpaired) electrons. The third kappa shape index (κ3) is 3.44. The molecule has 4 rings (SSSR count). The monoisotopic (exact) mass is 356 g/mol. The number of pyridine rings is 1. The molecule has 0 aliphatic rings. The minimum atomic E-state index is 0.704. The zero-order valence-electron chi connectivity index (χ0n) is 15.3. The zero-order valence-corrected chi connectivity index (χ0v) is 15.3. The fraction of sp³-hybridized carbons (Fsp3) is 0.136. The van der Waals surface area contributed by atoms with Crippen molar-refractivity contribution in [1.82, 2.24) is 19.7 Å². The molecule has 0 aliphatic carbocycles. The number of hydrogen-bond donors (Lipinski definition) is 0. The molecular formula is C22H20N4O. The summed E-state index contributed by atoms with van der Waals surface area (Å²) in [5.41, 5.74) is 4.04. The van der Waals surface area contributed by atoms with Crippen LogP contribution in [0, 0.1) is 6.92 Å². The molecule has 2 aromatic carbocycles. The van der Waals surface area contributed by atoms with E-state index in [1.165, 1.54) is 5.56 Å². The number of benzene rings is 2. The van der Waals surface area contributed by atoms with Crippen molar-refractivity contribution in [1.29, 1.82) is 0 Å². The second-order valence-corrected chi connectivity index (χ2v) is 6.27.